The molecular weight excluding hydrogens is 370 g/mol. The summed E-state index contributed by atoms with van der Waals surface area (Å²) in [6.07, 6.45) is 0. The third kappa shape index (κ3) is 5.22. The lowest BCUT2D eigenvalue weighted by atomic mass is 9.94. The van der Waals surface area contributed by atoms with Crippen molar-refractivity contribution in [3.8, 4) is 5.75 Å². The average Bonchev–Trinajstić information content (AvgIpc) is 2.52. The summed E-state index contributed by atoms with van der Waals surface area (Å²) in [5, 5.41) is 0.526. The molecule has 1 N–H and O–H groups in total. The summed E-state index contributed by atoms with van der Waals surface area (Å²) in [6, 6.07) is 10.5. The number of benzene rings is 2. The summed E-state index contributed by atoms with van der Waals surface area (Å²) < 4.78 is 33.4. The highest BCUT2D eigenvalue weighted by molar-refractivity contribution is 7.88. The molecule has 0 saturated carbocycles. The lowest BCUT2D eigenvalue weighted by Gasteiger charge is -2.21. The van der Waals surface area contributed by atoms with Gasteiger partial charge in [0.15, 0.2) is 0 Å². The van der Waals surface area contributed by atoms with E-state index < -0.39 is 10.0 Å². The Kier molecular flexibility index (Phi) is 6.72. The van der Waals surface area contributed by atoms with Crippen molar-refractivity contribution in [1.29, 1.82) is 0 Å². The second kappa shape index (κ2) is 8.42. The third-order valence-electron chi connectivity index (χ3n) is 4.31. The Morgan fingerprint density at radius 1 is 1.12 bits per heavy atom. The summed E-state index contributed by atoms with van der Waals surface area (Å²) in [7, 11) is -1.85. The number of hydrogen-bond donors (Lipinski definition) is 1. The van der Waals surface area contributed by atoms with Crippen LogP contribution in [0.1, 0.15) is 55.0 Å². The normalized spacial score (nSPS) is 13.0. The first kappa shape index (κ1) is 20.7. The highest BCUT2D eigenvalue weighted by Crippen LogP contribution is 2.32. The molecule has 0 aliphatic heterocycles. The summed E-state index contributed by atoms with van der Waals surface area (Å²) in [5.41, 5.74) is 3.66. The van der Waals surface area contributed by atoms with Gasteiger partial charge in [-0.1, -0.05) is 37.6 Å². The maximum atomic E-state index is 12.6. The van der Waals surface area contributed by atoms with Gasteiger partial charge in [-0.25, -0.2) is 13.1 Å². The van der Waals surface area contributed by atoms with Crippen LogP contribution in [0.4, 0.5) is 0 Å². The van der Waals surface area contributed by atoms with Crippen LogP contribution in [-0.4, -0.2) is 15.5 Å². The fourth-order valence-electron chi connectivity index (χ4n) is 3.03. The van der Waals surface area contributed by atoms with Crippen molar-refractivity contribution in [3.05, 3.63) is 63.7 Å². The third-order valence-corrected chi connectivity index (χ3v) is 5.97. The van der Waals surface area contributed by atoms with Crippen molar-refractivity contribution in [2.24, 2.45) is 0 Å². The number of sulfonamides is 1. The lowest BCUT2D eigenvalue weighted by Crippen LogP contribution is -2.28. The Morgan fingerprint density at radius 3 is 2.38 bits per heavy atom. The SMILES string of the molecule is COc1cc(C)c(C(C)NS(=O)(=O)Cc2cccc(Cl)c2)cc1C(C)C. The smallest absolute Gasteiger partial charge is 0.216 e. The lowest BCUT2D eigenvalue weighted by molar-refractivity contribution is 0.406. The first-order chi connectivity index (χ1) is 12.1. The molecule has 0 aromatic heterocycles. The molecule has 6 heteroatoms. The van der Waals surface area contributed by atoms with E-state index in [-0.39, 0.29) is 17.7 Å². The fraction of sp³-hybridized carbons (Fsp3) is 0.400. The van der Waals surface area contributed by atoms with Crippen LogP contribution >= 0.6 is 11.6 Å². The highest BCUT2D eigenvalue weighted by Gasteiger charge is 2.20. The van der Waals surface area contributed by atoms with Gasteiger partial charge in [-0.2, -0.15) is 0 Å². The molecule has 0 spiro atoms. The molecule has 0 saturated heterocycles. The van der Waals surface area contributed by atoms with E-state index >= 15 is 0 Å². The molecule has 2 aromatic carbocycles. The molecule has 0 aliphatic rings. The molecule has 0 heterocycles. The monoisotopic (exact) mass is 395 g/mol. The number of methoxy groups -OCH3 is 1. The van der Waals surface area contributed by atoms with E-state index in [0.717, 1.165) is 22.4 Å². The first-order valence-corrected chi connectivity index (χ1v) is 10.6. The largest absolute Gasteiger partial charge is 0.496 e. The Balaban J connectivity index is 2.25. The maximum Gasteiger partial charge on any atom is 0.216 e. The van der Waals surface area contributed by atoms with Gasteiger partial charge in [-0.3, -0.25) is 0 Å². The van der Waals surface area contributed by atoms with E-state index in [2.05, 4.69) is 18.6 Å². The quantitative estimate of drug-likeness (QED) is 0.720. The van der Waals surface area contributed by atoms with Gasteiger partial charge in [0.25, 0.3) is 0 Å². The second-order valence-corrected chi connectivity index (χ2v) is 9.02. The van der Waals surface area contributed by atoms with Gasteiger partial charge in [0.1, 0.15) is 5.75 Å². The molecule has 0 amide bonds. The van der Waals surface area contributed by atoms with Crippen molar-refractivity contribution in [2.45, 2.75) is 45.4 Å². The van der Waals surface area contributed by atoms with Crippen LogP contribution in [0.2, 0.25) is 5.02 Å². The van der Waals surface area contributed by atoms with Crippen LogP contribution in [0, 0.1) is 6.92 Å². The van der Waals surface area contributed by atoms with Gasteiger partial charge in [0.2, 0.25) is 10.0 Å². The molecular formula is C20H26ClNO3S. The van der Waals surface area contributed by atoms with Crippen molar-refractivity contribution in [3.63, 3.8) is 0 Å². The Bertz CT molecular complexity index is 879. The molecule has 2 rings (SSSR count). The number of halogens is 1. The Labute approximate surface area is 161 Å². The predicted octanol–water partition coefficient (Wildman–Crippen LogP) is 4.96. The van der Waals surface area contributed by atoms with Gasteiger partial charge in [0.05, 0.1) is 12.9 Å². The molecule has 1 atom stereocenters. The molecule has 142 valence electrons. The molecule has 0 fully saturated rings. The number of ether oxygens (including phenoxy) is 1. The Morgan fingerprint density at radius 2 is 1.81 bits per heavy atom. The zero-order valence-electron chi connectivity index (χ0n) is 15.8. The van der Waals surface area contributed by atoms with E-state index in [0.29, 0.717) is 10.6 Å². The minimum atomic E-state index is -3.50. The van der Waals surface area contributed by atoms with E-state index in [1.807, 2.05) is 26.0 Å². The standard InChI is InChI=1S/C20H26ClNO3S/c1-13(2)18-11-19(14(3)9-20(18)25-5)15(4)22-26(23,24)12-16-7-6-8-17(21)10-16/h6-11,13,15,22H,12H2,1-5H3. The van der Waals surface area contributed by atoms with Crippen LogP contribution in [0.5, 0.6) is 5.75 Å². The zero-order valence-corrected chi connectivity index (χ0v) is 17.4. The van der Waals surface area contributed by atoms with Crippen molar-refractivity contribution >= 4 is 21.6 Å². The zero-order chi connectivity index (χ0) is 19.5. The number of aryl methyl sites for hydroxylation is 1. The maximum absolute atomic E-state index is 12.6. The van der Waals surface area contributed by atoms with Crippen LogP contribution in [0.25, 0.3) is 0 Å². The van der Waals surface area contributed by atoms with E-state index in [1.54, 1.807) is 31.4 Å². The average molecular weight is 396 g/mol. The molecule has 2 aromatic rings. The van der Waals surface area contributed by atoms with E-state index in [9.17, 15) is 8.42 Å². The summed E-state index contributed by atoms with van der Waals surface area (Å²) in [6.45, 7) is 7.99. The van der Waals surface area contributed by atoms with Crippen molar-refractivity contribution in [2.75, 3.05) is 7.11 Å². The topological polar surface area (TPSA) is 55.4 Å². The minimum Gasteiger partial charge on any atom is -0.496 e. The van der Waals surface area contributed by atoms with Crippen LogP contribution < -0.4 is 9.46 Å². The molecule has 26 heavy (non-hydrogen) atoms. The predicted molar refractivity (Wildman–Crippen MR) is 107 cm³/mol. The number of rotatable bonds is 7. The summed E-state index contributed by atoms with van der Waals surface area (Å²) >= 11 is 5.94. The van der Waals surface area contributed by atoms with Gasteiger partial charge in [-0.05, 0) is 66.3 Å². The minimum absolute atomic E-state index is 0.107. The fourth-order valence-corrected chi connectivity index (χ4v) is 4.61. The van der Waals surface area contributed by atoms with Crippen molar-refractivity contribution in [1.82, 2.24) is 4.72 Å². The van der Waals surface area contributed by atoms with E-state index in [1.165, 1.54) is 0 Å². The molecule has 0 radical (unpaired) electrons. The molecule has 4 nitrogen and oxygen atoms in total. The van der Waals surface area contributed by atoms with E-state index in [4.69, 9.17) is 16.3 Å². The van der Waals surface area contributed by atoms with Gasteiger partial charge < -0.3 is 4.74 Å². The van der Waals surface area contributed by atoms with Crippen molar-refractivity contribution < 1.29 is 13.2 Å². The van der Waals surface area contributed by atoms with Gasteiger partial charge >= 0.3 is 0 Å². The van der Waals surface area contributed by atoms with Gasteiger partial charge in [-0.15, -0.1) is 0 Å². The van der Waals surface area contributed by atoms with Gasteiger partial charge in [0, 0.05) is 11.1 Å². The highest BCUT2D eigenvalue weighted by atomic mass is 35.5. The first-order valence-electron chi connectivity index (χ1n) is 8.56. The summed E-state index contributed by atoms with van der Waals surface area (Å²) in [5.74, 6) is 0.999. The second-order valence-electron chi connectivity index (χ2n) is 6.83. The molecule has 1 unspecified atom stereocenters. The van der Waals surface area contributed by atoms with Crippen LogP contribution in [0.15, 0.2) is 36.4 Å². The molecule has 0 aliphatic carbocycles. The van der Waals surface area contributed by atoms with Crippen LogP contribution in [-0.2, 0) is 15.8 Å². The Hall–Kier alpha value is -1.56. The molecule has 0 bridgehead atoms. The summed E-state index contributed by atoms with van der Waals surface area (Å²) in [4.78, 5) is 0. The number of nitrogens with one attached hydrogen (secondary N) is 1. The van der Waals surface area contributed by atoms with Crippen LogP contribution in [0.3, 0.4) is 0 Å². The number of hydrogen-bond acceptors (Lipinski definition) is 3.